The molecule has 1 heterocycles. The molecule has 0 atom stereocenters. The van der Waals surface area contributed by atoms with Gasteiger partial charge in [-0.15, -0.1) is 0 Å². The van der Waals surface area contributed by atoms with Crippen molar-refractivity contribution in [3.05, 3.63) is 71.4 Å². The second-order valence-electron chi connectivity index (χ2n) is 5.06. The van der Waals surface area contributed by atoms with Crippen LogP contribution in [0.15, 0.2) is 54.6 Å². The zero-order valence-corrected chi connectivity index (χ0v) is 12.1. The number of fused-ring (bicyclic) bond motifs is 1. The molecule has 3 aromatic rings. The lowest BCUT2D eigenvalue weighted by Crippen LogP contribution is -2.02. The summed E-state index contributed by atoms with van der Waals surface area (Å²) < 4.78 is 5.70. The van der Waals surface area contributed by atoms with E-state index in [9.17, 15) is 4.79 Å². The highest BCUT2D eigenvalue weighted by Gasteiger charge is 2.06. The van der Waals surface area contributed by atoms with E-state index in [1.807, 2.05) is 31.2 Å². The van der Waals surface area contributed by atoms with Gasteiger partial charge in [0, 0.05) is 5.39 Å². The average Bonchev–Trinajstić information content (AvgIpc) is 2.53. The van der Waals surface area contributed by atoms with E-state index in [0.717, 1.165) is 22.2 Å². The van der Waals surface area contributed by atoms with Crippen LogP contribution in [0, 0.1) is 6.92 Å². The van der Waals surface area contributed by atoms with Crippen LogP contribution >= 0.6 is 0 Å². The van der Waals surface area contributed by atoms with Crippen LogP contribution in [0.1, 0.15) is 21.6 Å². The van der Waals surface area contributed by atoms with Gasteiger partial charge in [0.2, 0.25) is 0 Å². The first-order chi connectivity index (χ1) is 10.6. The number of aromatic carboxylic acids is 1. The lowest BCUT2D eigenvalue weighted by atomic mass is 10.1. The van der Waals surface area contributed by atoms with Crippen molar-refractivity contribution in [3.63, 3.8) is 0 Å². The molecule has 0 aliphatic rings. The van der Waals surface area contributed by atoms with Crippen molar-refractivity contribution in [2.75, 3.05) is 0 Å². The molecule has 110 valence electrons. The molecule has 0 radical (unpaired) electrons. The largest absolute Gasteiger partial charge is 0.487 e. The van der Waals surface area contributed by atoms with Gasteiger partial charge in [-0.25, -0.2) is 9.78 Å². The highest BCUT2D eigenvalue weighted by Crippen LogP contribution is 2.18. The highest BCUT2D eigenvalue weighted by molar-refractivity contribution is 5.87. The molecular formula is C18H15NO3. The zero-order chi connectivity index (χ0) is 15.5. The molecule has 0 unspecified atom stereocenters. The number of carbonyl (C=O) groups is 1. The van der Waals surface area contributed by atoms with Gasteiger partial charge in [0.15, 0.2) is 0 Å². The van der Waals surface area contributed by atoms with Crippen LogP contribution in [-0.4, -0.2) is 16.1 Å². The van der Waals surface area contributed by atoms with Gasteiger partial charge >= 0.3 is 5.97 Å². The minimum atomic E-state index is -0.946. The van der Waals surface area contributed by atoms with Crippen LogP contribution < -0.4 is 4.74 Å². The van der Waals surface area contributed by atoms with E-state index in [1.54, 1.807) is 12.1 Å². The van der Waals surface area contributed by atoms with E-state index >= 15 is 0 Å². The van der Waals surface area contributed by atoms with Crippen molar-refractivity contribution in [3.8, 4) is 5.75 Å². The Hall–Kier alpha value is -2.88. The Morgan fingerprint density at radius 2 is 1.86 bits per heavy atom. The van der Waals surface area contributed by atoms with Gasteiger partial charge < -0.3 is 9.84 Å². The van der Waals surface area contributed by atoms with Gasteiger partial charge in [-0.05, 0) is 48.9 Å². The summed E-state index contributed by atoms with van der Waals surface area (Å²) in [4.78, 5) is 15.4. The van der Waals surface area contributed by atoms with E-state index in [-0.39, 0.29) is 5.56 Å². The predicted molar refractivity (Wildman–Crippen MR) is 84.2 cm³/mol. The number of hydrogen-bond donors (Lipinski definition) is 1. The Bertz CT molecular complexity index is 825. The second kappa shape index (κ2) is 5.85. The monoisotopic (exact) mass is 293 g/mol. The maximum atomic E-state index is 10.8. The number of aryl methyl sites for hydroxylation is 1. The van der Waals surface area contributed by atoms with Crippen LogP contribution in [0.4, 0.5) is 0 Å². The Morgan fingerprint density at radius 3 is 2.59 bits per heavy atom. The molecule has 0 aliphatic carbocycles. The fourth-order valence-electron chi connectivity index (χ4n) is 2.25. The van der Waals surface area contributed by atoms with Crippen LogP contribution in [-0.2, 0) is 6.61 Å². The summed E-state index contributed by atoms with van der Waals surface area (Å²) in [5, 5.41) is 9.98. The molecule has 4 nitrogen and oxygen atoms in total. The van der Waals surface area contributed by atoms with Crippen molar-refractivity contribution >= 4 is 16.9 Å². The topological polar surface area (TPSA) is 59.4 Å². The molecular weight excluding hydrogens is 278 g/mol. The number of carboxylic acid groups (broad SMARTS) is 1. The molecule has 3 rings (SSSR count). The second-order valence-corrected chi connectivity index (χ2v) is 5.06. The molecule has 0 spiro atoms. The number of aromatic nitrogens is 1. The average molecular weight is 293 g/mol. The number of pyridine rings is 1. The maximum Gasteiger partial charge on any atom is 0.335 e. The fourth-order valence-corrected chi connectivity index (χ4v) is 2.25. The van der Waals surface area contributed by atoms with Crippen molar-refractivity contribution in [1.29, 1.82) is 0 Å². The molecule has 1 N–H and O–H groups in total. The zero-order valence-electron chi connectivity index (χ0n) is 12.1. The first-order valence-electron chi connectivity index (χ1n) is 6.95. The Morgan fingerprint density at radius 1 is 1.14 bits per heavy atom. The van der Waals surface area contributed by atoms with E-state index < -0.39 is 5.97 Å². The SMILES string of the molecule is Cc1cc2ccccc2nc1COc1ccc(C(=O)O)cc1. The van der Waals surface area contributed by atoms with Crippen LogP contribution in [0.3, 0.4) is 0 Å². The number of nitrogens with zero attached hydrogens (tertiary/aromatic N) is 1. The number of para-hydroxylation sites is 1. The van der Waals surface area contributed by atoms with Gasteiger partial charge in [0.25, 0.3) is 0 Å². The van der Waals surface area contributed by atoms with Crippen LogP contribution in [0.25, 0.3) is 10.9 Å². The molecule has 0 amide bonds. The Labute approximate surface area is 128 Å². The summed E-state index contributed by atoms with van der Waals surface area (Å²) in [5.74, 6) is -0.321. The summed E-state index contributed by atoms with van der Waals surface area (Å²) in [5.41, 5.74) is 3.13. The van der Waals surface area contributed by atoms with Crippen LogP contribution in [0.2, 0.25) is 0 Å². The summed E-state index contributed by atoms with van der Waals surface area (Å²) in [6.45, 7) is 2.36. The summed E-state index contributed by atoms with van der Waals surface area (Å²) in [7, 11) is 0. The lowest BCUT2D eigenvalue weighted by Gasteiger charge is -2.09. The van der Waals surface area contributed by atoms with Gasteiger partial charge in [-0.2, -0.15) is 0 Å². The van der Waals surface area contributed by atoms with Crippen molar-refractivity contribution in [2.24, 2.45) is 0 Å². The fraction of sp³-hybridized carbons (Fsp3) is 0.111. The molecule has 0 fully saturated rings. The number of rotatable bonds is 4. The maximum absolute atomic E-state index is 10.8. The third-order valence-electron chi connectivity index (χ3n) is 3.50. The van der Waals surface area contributed by atoms with E-state index in [4.69, 9.17) is 9.84 Å². The molecule has 4 heteroatoms. The smallest absolute Gasteiger partial charge is 0.335 e. The summed E-state index contributed by atoms with van der Waals surface area (Å²) >= 11 is 0. The van der Waals surface area contributed by atoms with Crippen LogP contribution in [0.5, 0.6) is 5.75 Å². The molecule has 0 bridgehead atoms. The van der Waals surface area contributed by atoms with Crippen molar-refractivity contribution < 1.29 is 14.6 Å². The lowest BCUT2D eigenvalue weighted by molar-refractivity contribution is 0.0697. The summed E-state index contributed by atoms with van der Waals surface area (Å²) in [6, 6.07) is 16.4. The van der Waals surface area contributed by atoms with Gasteiger partial charge in [0.05, 0.1) is 16.8 Å². The van der Waals surface area contributed by atoms with E-state index in [0.29, 0.717) is 12.4 Å². The first kappa shape index (κ1) is 14.1. The van der Waals surface area contributed by atoms with Gasteiger partial charge in [0.1, 0.15) is 12.4 Å². The van der Waals surface area contributed by atoms with Crippen molar-refractivity contribution in [2.45, 2.75) is 13.5 Å². The molecule has 0 aliphatic heterocycles. The number of hydrogen-bond acceptors (Lipinski definition) is 3. The predicted octanol–water partition coefficient (Wildman–Crippen LogP) is 3.82. The third kappa shape index (κ3) is 2.91. The normalized spacial score (nSPS) is 10.6. The highest BCUT2D eigenvalue weighted by atomic mass is 16.5. The van der Waals surface area contributed by atoms with Crippen molar-refractivity contribution in [1.82, 2.24) is 4.98 Å². The minimum Gasteiger partial charge on any atom is -0.487 e. The molecule has 1 aromatic heterocycles. The Kier molecular flexibility index (Phi) is 3.74. The van der Waals surface area contributed by atoms with Gasteiger partial charge in [-0.3, -0.25) is 0 Å². The standard InChI is InChI=1S/C18H15NO3/c1-12-10-14-4-2-3-5-16(14)19-17(12)11-22-15-8-6-13(7-9-15)18(20)21/h2-10H,11H2,1H3,(H,20,21). The molecule has 22 heavy (non-hydrogen) atoms. The third-order valence-corrected chi connectivity index (χ3v) is 3.50. The number of benzene rings is 2. The molecule has 0 saturated heterocycles. The number of carboxylic acids is 1. The minimum absolute atomic E-state index is 0.243. The Balaban J connectivity index is 1.78. The quantitative estimate of drug-likeness (QED) is 0.794. The molecule has 2 aromatic carbocycles. The first-order valence-corrected chi connectivity index (χ1v) is 6.95. The van der Waals surface area contributed by atoms with Gasteiger partial charge in [-0.1, -0.05) is 18.2 Å². The molecule has 0 saturated carbocycles. The van der Waals surface area contributed by atoms with E-state index in [1.165, 1.54) is 12.1 Å². The summed E-state index contributed by atoms with van der Waals surface area (Å²) in [6.07, 6.45) is 0. The number of ether oxygens (including phenoxy) is 1. The van der Waals surface area contributed by atoms with E-state index in [2.05, 4.69) is 11.1 Å².